The first kappa shape index (κ1) is 17.1. The van der Waals surface area contributed by atoms with Crippen molar-refractivity contribution in [3.05, 3.63) is 33.8 Å². The maximum absolute atomic E-state index is 8.93. The molecule has 19 heavy (non-hydrogen) atoms. The molecule has 1 saturated carbocycles. The lowest BCUT2D eigenvalue weighted by molar-refractivity contribution is 0.177. The molecule has 0 radical (unpaired) electrons. The second kappa shape index (κ2) is 7.14. The quantitative estimate of drug-likeness (QED) is 0.862. The molecule has 1 fully saturated rings. The van der Waals surface area contributed by atoms with Crippen LogP contribution >= 0.6 is 35.6 Å². The van der Waals surface area contributed by atoms with E-state index in [0.29, 0.717) is 10.0 Å². The zero-order valence-corrected chi connectivity index (χ0v) is 13.1. The van der Waals surface area contributed by atoms with Crippen molar-refractivity contribution in [1.82, 2.24) is 0 Å². The first-order valence-corrected chi connectivity index (χ1v) is 7.18. The highest BCUT2D eigenvalue weighted by molar-refractivity contribution is 6.42. The fraction of sp³-hybridized carbons (Fsp3) is 0.571. The van der Waals surface area contributed by atoms with Crippen LogP contribution in [-0.2, 0) is 5.41 Å². The van der Waals surface area contributed by atoms with Crippen molar-refractivity contribution >= 4 is 35.6 Å². The molecule has 0 heterocycles. The summed E-state index contributed by atoms with van der Waals surface area (Å²) in [6, 6.07) is 5.90. The Morgan fingerprint density at radius 1 is 1.26 bits per heavy atom. The second-order valence-corrected chi connectivity index (χ2v) is 5.93. The van der Waals surface area contributed by atoms with Gasteiger partial charge in [0, 0.05) is 18.1 Å². The van der Waals surface area contributed by atoms with E-state index in [1.54, 1.807) is 0 Å². The van der Waals surface area contributed by atoms with Crippen LogP contribution in [0.4, 0.5) is 0 Å². The minimum atomic E-state index is 0. The predicted octanol–water partition coefficient (Wildman–Crippen LogP) is 3.94. The van der Waals surface area contributed by atoms with Crippen molar-refractivity contribution in [2.24, 2.45) is 5.73 Å². The molecule has 1 aliphatic rings. The smallest absolute Gasteiger partial charge is 0.0595 e. The first-order valence-electron chi connectivity index (χ1n) is 6.42. The van der Waals surface area contributed by atoms with Gasteiger partial charge in [0.1, 0.15) is 0 Å². The molecule has 1 aliphatic carbocycles. The van der Waals surface area contributed by atoms with E-state index in [0.717, 1.165) is 25.7 Å². The lowest BCUT2D eigenvalue weighted by Crippen LogP contribution is -2.50. The molecule has 1 atom stereocenters. The summed E-state index contributed by atoms with van der Waals surface area (Å²) < 4.78 is 0. The number of aliphatic hydroxyl groups excluding tert-OH is 1. The van der Waals surface area contributed by atoms with Gasteiger partial charge in [-0.1, -0.05) is 35.7 Å². The third-order valence-corrected chi connectivity index (χ3v) is 4.86. The topological polar surface area (TPSA) is 46.2 Å². The van der Waals surface area contributed by atoms with Crippen LogP contribution in [0, 0.1) is 0 Å². The van der Waals surface area contributed by atoms with Crippen LogP contribution in [0.5, 0.6) is 0 Å². The minimum absolute atomic E-state index is 0. The number of benzene rings is 1. The molecule has 1 unspecified atom stereocenters. The molecule has 1 aromatic rings. The highest BCUT2D eigenvalue weighted by Gasteiger charge is 2.43. The lowest BCUT2D eigenvalue weighted by atomic mass is 9.59. The Kier molecular flexibility index (Phi) is 6.41. The Morgan fingerprint density at radius 3 is 2.42 bits per heavy atom. The van der Waals surface area contributed by atoms with Crippen LogP contribution in [0.3, 0.4) is 0 Å². The Morgan fingerprint density at radius 2 is 1.95 bits per heavy atom. The monoisotopic (exact) mass is 323 g/mol. The maximum atomic E-state index is 8.93. The molecule has 108 valence electrons. The van der Waals surface area contributed by atoms with Crippen molar-refractivity contribution < 1.29 is 5.11 Å². The van der Waals surface area contributed by atoms with Crippen LogP contribution in [-0.4, -0.2) is 17.8 Å². The normalized spacial score (nSPS) is 18.3. The summed E-state index contributed by atoms with van der Waals surface area (Å²) >= 11 is 12.1. The van der Waals surface area contributed by atoms with Gasteiger partial charge in [-0.05, 0) is 43.4 Å². The Balaban J connectivity index is 0.00000180. The summed E-state index contributed by atoms with van der Waals surface area (Å²) in [6.07, 6.45) is 4.99. The number of rotatable bonds is 5. The minimum Gasteiger partial charge on any atom is -0.396 e. The van der Waals surface area contributed by atoms with Crippen molar-refractivity contribution in [2.75, 3.05) is 6.61 Å². The summed E-state index contributed by atoms with van der Waals surface area (Å²) in [5, 5.41) is 10.1. The van der Waals surface area contributed by atoms with Gasteiger partial charge in [-0.15, -0.1) is 12.4 Å². The van der Waals surface area contributed by atoms with Crippen molar-refractivity contribution in [2.45, 2.75) is 43.6 Å². The molecule has 0 bridgehead atoms. The molecule has 0 saturated heterocycles. The molecular weight excluding hydrogens is 305 g/mol. The zero-order valence-electron chi connectivity index (χ0n) is 10.7. The lowest BCUT2D eigenvalue weighted by Gasteiger charge is -2.47. The Labute approximate surface area is 130 Å². The van der Waals surface area contributed by atoms with Crippen LogP contribution in [0.2, 0.25) is 10.0 Å². The van der Waals surface area contributed by atoms with Gasteiger partial charge in [-0.3, -0.25) is 0 Å². The highest BCUT2D eigenvalue weighted by Crippen LogP contribution is 2.47. The van der Waals surface area contributed by atoms with E-state index in [9.17, 15) is 0 Å². The molecule has 2 nitrogen and oxygen atoms in total. The van der Waals surface area contributed by atoms with Gasteiger partial charge in [-0.2, -0.15) is 0 Å². The second-order valence-electron chi connectivity index (χ2n) is 5.11. The first-order chi connectivity index (χ1) is 8.60. The number of hydrogen-bond donors (Lipinski definition) is 2. The standard InChI is InChI=1S/C14H19Cl2NO.ClH/c15-11-5-4-10(9-12(11)16)14(6-2-7-14)13(17)3-1-8-18;/h4-5,9,13,18H,1-3,6-8,17H2;1H. The zero-order chi connectivity index (χ0) is 13.2. The van der Waals surface area contributed by atoms with Crippen LogP contribution in [0.25, 0.3) is 0 Å². The van der Waals surface area contributed by atoms with Crippen LogP contribution < -0.4 is 5.73 Å². The molecule has 3 N–H and O–H groups in total. The number of halogens is 3. The number of nitrogens with two attached hydrogens (primary N) is 1. The summed E-state index contributed by atoms with van der Waals surface area (Å²) in [7, 11) is 0. The van der Waals surface area contributed by atoms with Gasteiger partial charge < -0.3 is 10.8 Å². The summed E-state index contributed by atoms with van der Waals surface area (Å²) in [4.78, 5) is 0. The third kappa shape index (κ3) is 3.37. The molecule has 0 aliphatic heterocycles. The Bertz CT molecular complexity index is 421. The Hall–Kier alpha value is 0.01000. The maximum Gasteiger partial charge on any atom is 0.0595 e. The fourth-order valence-electron chi connectivity index (χ4n) is 2.82. The van der Waals surface area contributed by atoms with Crippen molar-refractivity contribution in [1.29, 1.82) is 0 Å². The van der Waals surface area contributed by atoms with Gasteiger partial charge in [0.15, 0.2) is 0 Å². The van der Waals surface area contributed by atoms with Gasteiger partial charge in [0.25, 0.3) is 0 Å². The SMILES string of the molecule is Cl.NC(CCCO)C1(c2ccc(Cl)c(Cl)c2)CCC1. The summed E-state index contributed by atoms with van der Waals surface area (Å²) in [6.45, 7) is 0.200. The number of hydrogen-bond acceptors (Lipinski definition) is 2. The fourth-order valence-corrected chi connectivity index (χ4v) is 3.12. The van der Waals surface area contributed by atoms with Crippen molar-refractivity contribution in [3.8, 4) is 0 Å². The van der Waals surface area contributed by atoms with Crippen LogP contribution in [0.15, 0.2) is 18.2 Å². The van der Waals surface area contributed by atoms with E-state index >= 15 is 0 Å². The van der Waals surface area contributed by atoms with E-state index in [4.69, 9.17) is 34.0 Å². The van der Waals surface area contributed by atoms with E-state index in [1.165, 1.54) is 12.0 Å². The van der Waals surface area contributed by atoms with E-state index in [2.05, 4.69) is 0 Å². The number of aliphatic hydroxyl groups is 1. The molecule has 1 aromatic carbocycles. The molecular formula is C14H20Cl3NO. The van der Waals surface area contributed by atoms with Crippen LogP contribution in [0.1, 0.15) is 37.7 Å². The largest absolute Gasteiger partial charge is 0.396 e. The van der Waals surface area contributed by atoms with E-state index < -0.39 is 0 Å². The molecule has 0 spiro atoms. The average Bonchev–Trinajstić information content (AvgIpc) is 2.29. The molecule has 0 aromatic heterocycles. The van der Waals surface area contributed by atoms with Gasteiger partial charge >= 0.3 is 0 Å². The summed E-state index contributed by atoms with van der Waals surface area (Å²) in [5.41, 5.74) is 7.55. The average molecular weight is 325 g/mol. The highest BCUT2D eigenvalue weighted by atomic mass is 35.5. The van der Waals surface area contributed by atoms with Crippen molar-refractivity contribution in [3.63, 3.8) is 0 Å². The molecule has 0 amide bonds. The third-order valence-electron chi connectivity index (χ3n) is 4.12. The van der Waals surface area contributed by atoms with E-state index in [1.807, 2.05) is 18.2 Å². The van der Waals surface area contributed by atoms with Gasteiger partial charge in [0.05, 0.1) is 10.0 Å². The van der Waals surface area contributed by atoms with Gasteiger partial charge in [0.2, 0.25) is 0 Å². The molecule has 2 rings (SSSR count). The predicted molar refractivity (Wildman–Crippen MR) is 83.5 cm³/mol. The summed E-state index contributed by atoms with van der Waals surface area (Å²) in [5.74, 6) is 0. The van der Waals surface area contributed by atoms with E-state index in [-0.39, 0.29) is 30.5 Å². The molecule has 5 heteroatoms. The van der Waals surface area contributed by atoms with Gasteiger partial charge in [-0.25, -0.2) is 0 Å².